The van der Waals surface area contributed by atoms with Gasteiger partial charge in [-0.15, -0.1) is 0 Å². The number of nitrogens with one attached hydrogen (secondary N) is 1. The number of sulfone groups is 1. The molecule has 1 aromatic rings. The maximum absolute atomic E-state index is 11.2. The van der Waals surface area contributed by atoms with E-state index in [1.165, 1.54) is 0 Å². The third-order valence-electron chi connectivity index (χ3n) is 2.33. The molecular weight excluding hydrogens is 252 g/mol. The smallest absolute Gasteiger partial charge is 0.234 e. The molecule has 18 heavy (non-hydrogen) atoms. The van der Waals surface area contributed by atoms with E-state index in [1.54, 1.807) is 30.3 Å². The van der Waals surface area contributed by atoms with Crippen LogP contribution in [-0.4, -0.2) is 27.1 Å². The van der Waals surface area contributed by atoms with Gasteiger partial charge in [-0.05, 0) is 24.1 Å². The maximum Gasteiger partial charge on any atom is 0.234 e. The van der Waals surface area contributed by atoms with Gasteiger partial charge < -0.3 is 5.32 Å². The number of benzene rings is 1. The van der Waals surface area contributed by atoms with Crippen LogP contribution in [0, 0.1) is 11.3 Å². The molecule has 0 aliphatic rings. The Bertz CT molecular complexity index is 556. The van der Waals surface area contributed by atoms with E-state index in [1.807, 2.05) is 0 Å². The van der Waals surface area contributed by atoms with E-state index in [0.29, 0.717) is 13.0 Å². The molecule has 1 aromatic carbocycles. The first-order chi connectivity index (χ1) is 8.43. The van der Waals surface area contributed by atoms with Crippen LogP contribution in [0.3, 0.4) is 0 Å². The summed E-state index contributed by atoms with van der Waals surface area (Å²) in [6.07, 6.45) is 1.61. The minimum absolute atomic E-state index is 0.146. The molecule has 0 radical (unpaired) electrons. The van der Waals surface area contributed by atoms with Crippen molar-refractivity contribution in [3.05, 3.63) is 29.8 Å². The molecule has 96 valence electrons. The summed E-state index contributed by atoms with van der Waals surface area (Å²) in [5, 5.41) is 10.9. The van der Waals surface area contributed by atoms with E-state index in [-0.39, 0.29) is 17.2 Å². The first kappa shape index (κ1) is 14.2. The van der Waals surface area contributed by atoms with Crippen molar-refractivity contribution in [1.29, 1.82) is 5.26 Å². The molecule has 0 heterocycles. The highest BCUT2D eigenvalue weighted by Gasteiger charge is 2.06. The zero-order chi connectivity index (χ0) is 13.6. The van der Waals surface area contributed by atoms with E-state index in [9.17, 15) is 13.2 Å². The second-order valence-corrected chi connectivity index (χ2v) is 5.87. The minimum atomic E-state index is -3.17. The van der Waals surface area contributed by atoms with E-state index in [2.05, 4.69) is 5.32 Å². The zero-order valence-corrected chi connectivity index (χ0v) is 10.8. The molecule has 1 rings (SSSR count). The summed E-state index contributed by atoms with van der Waals surface area (Å²) in [6.45, 7) is 0.429. The lowest BCUT2D eigenvalue weighted by molar-refractivity contribution is -0.120. The fourth-order valence-electron chi connectivity index (χ4n) is 1.38. The quantitative estimate of drug-likeness (QED) is 0.848. The van der Waals surface area contributed by atoms with Crippen LogP contribution in [-0.2, 0) is 21.1 Å². The lowest BCUT2D eigenvalue weighted by Crippen LogP contribution is -2.24. The van der Waals surface area contributed by atoms with Crippen molar-refractivity contribution < 1.29 is 13.2 Å². The molecular formula is C12H14N2O3S. The van der Waals surface area contributed by atoms with Gasteiger partial charge in [0.2, 0.25) is 5.91 Å². The second kappa shape index (κ2) is 6.17. The number of nitriles is 1. The predicted octanol–water partition coefficient (Wildman–Crippen LogP) is 0.662. The summed E-state index contributed by atoms with van der Waals surface area (Å²) < 4.78 is 22.5. The molecule has 0 bridgehead atoms. The van der Waals surface area contributed by atoms with Gasteiger partial charge in [-0.25, -0.2) is 8.42 Å². The van der Waals surface area contributed by atoms with Crippen LogP contribution in [0.4, 0.5) is 0 Å². The Balaban J connectivity index is 2.51. The Kier molecular flexibility index (Phi) is 4.86. The molecule has 0 aliphatic heterocycles. The monoisotopic (exact) mass is 266 g/mol. The van der Waals surface area contributed by atoms with Crippen LogP contribution in [0.2, 0.25) is 0 Å². The predicted molar refractivity (Wildman–Crippen MR) is 66.5 cm³/mol. The lowest BCUT2D eigenvalue weighted by atomic mass is 10.1. The van der Waals surface area contributed by atoms with Crippen LogP contribution in [0.15, 0.2) is 29.2 Å². The first-order valence-electron chi connectivity index (χ1n) is 5.36. The Morgan fingerprint density at radius 1 is 1.33 bits per heavy atom. The van der Waals surface area contributed by atoms with Crippen molar-refractivity contribution in [3.8, 4) is 6.07 Å². The molecule has 0 saturated carbocycles. The molecule has 0 atom stereocenters. The van der Waals surface area contributed by atoms with Crippen molar-refractivity contribution in [2.75, 3.05) is 12.8 Å². The zero-order valence-electron chi connectivity index (χ0n) is 10.0. The van der Waals surface area contributed by atoms with Crippen molar-refractivity contribution >= 4 is 15.7 Å². The molecule has 0 aliphatic carbocycles. The molecule has 5 nitrogen and oxygen atoms in total. The summed E-state index contributed by atoms with van der Waals surface area (Å²) in [7, 11) is -3.17. The standard InChI is InChI=1S/C12H14N2O3S/c1-18(16,17)11-4-2-10(3-5-11)7-9-14-12(15)6-8-13/h2-5H,6-7,9H2,1H3,(H,14,15). The molecule has 0 saturated heterocycles. The largest absolute Gasteiger partial charge is 0.355 e. The first-order valence-corrected chi connectivity index (χ1v) is 7.25. The highest BCUT2D eigenvalue weighted by Crippen LogP contribution is 2.10. The van der Waals surface area contributed by atoms with Gasteiger partial charge in [0.05, 0.1) is 11.0 Å². The normalized spacial score (nSPS) is 10.7. The summed E-state index contributed by atoms with van der Waals surface area (Å²) in [4.78, 5) is 11.3. The van der Waals surface area contributed by atoms with Gasteiger partial charge in [0.1, 0.15) is 6.42 Å². The summed E-state index contributed by atoms with van der Waals surface area (Å²) >= 11 is 0. The van der Waals surface area contributed by atoms with Gasteiger partial charge in [0, 0.05) is 12.8 Å². The van der Waals surface area contributed by atoms with Gasteiger partial charge in [0.15, 0.2) is 9.84 Å². The number of hydrogen-bond donors (Lipinski definition) is 1. The van der Waals surface area contributed by atoms with Gasteiger partial charge >= 0.3 is 0 Å². The van der Waals surface area contributed by atoms with E-state index in [4.69, 9.17) is 5.26 Å². The van der Waals surface area contributed by atoms with Crippen molar-refractivity contribution in [3.63, 3.8) is 0 Å². The molecule has 6 heteroatoms. The van der Waals surface area contributed by atoms with E-state index >= 15 is 0 Å². The van der Waals surface area contributed by atoms with Crippen LogP contribution in [0.1, 0.15) is 12.0 Å². The van der Waals surface area contributed by atoms with Crippen molar-refractivity contribution in [1.82, 2.24) is 5.32 Å². The number of hydrogen-bond acceptors (Lipinski definition) is 4. The van der Waals surface area contributed by atoms with Crippen LogP contribution in [0.25, 0.3) is 0 Å². The Labute approximate surface area is 106 Å². The average molecular weight is 266 g/mol. The lowest BCUT2D eigenvalue weighted by Gasteiger charge is -2.04. The summed E-state index contributed by atoms with van der Waals surface area (Å²) in [5.41, 5.74) is 0.930. The highest BCUT2D eigenvalue weighted by atomic mass is 32.2. The molecule has 1 N–H and O–H groups in total. The molecule has 0 unspecified atom stereocenters. The SMILES string of the molecule is CS(=O)(=O)c1ccc(CCNC(=O)CC#N)cc1. The Hall–Kier alpha value is -1.87. The van der Waals surface area contributed by atoms with E-state index < -0.39 is 9.84 Å². The second-order valence-electron chi connectivity index (χ2n) is 3.85. The summed E-state index contributed by atoms with van der Waals surface area (Å²) in [6, 6.07) is 8.28. The average Bonchev–Trinajstić information content (AvgIpc) is 2.29. The number of amides is 1. The molecule has 0 aromatic heterocycles. The van der Waals surface area contributed by atoms with Crippen molar-refractivity contribution in [2.45, 2.75) is 17.7 Å². The van der Waals surface area contributed by atoms with Gasteiger partial charge in [-0.2, -0.15) is 5.26 Å². The topological polar surface area (TPSA) is 87.0 Å². The van der Waals surface area contributed by atoms with Crippen LogP contribution < -0.4 is 5.32 Å². The van der Waals surface area contributed by atoms with E-state index in [0.717, 1.165) is 11.8 Å². The Morgan fingerprint density at radius 2 is 1.94 bits per heavy atom. The summed E-state index contributed by atoms with van der Waals surface area (Å²) in [5.74, 6) is -0.301. The molecule has 0 fully saturated rings. The van der Waals surface area contributed by atoms with Crippen LogP contribution >= 0.6 is 0 Å². The number of carbonyl (C=O) groups is 1. The van der Waals surface area contributed by atoms with Gasteiger partial charge in [-0.1, -0.05) is 12.1 Å². The van der Waals surface area contributed by atoms with Crippen molar-refractivity contribution in [2.24, 2.45) is 0 Å². The molecule has 1 amide bonds. The third kappa shape index (κ3) is 4.55. The fourth-order valence-corrected chi connectivity index (χ4v) is 2.01. The number of rotatable bonds is 5. The van der Waals surface area contributed by atoms with Crippen LogP contribution in [0.5, 0.6) is 0 Å². The highest BCUT2D eigenvalue weighted by molar-refractivity contribution is 7.90. The Morgan fingerprint density at radius 3 is 2.44 bits per heavy atom. The maximum atomic E-state index is 11.2. The minimum Gasteiger partial charge on any atom is -0.355 e. The molecule has 0 spiro atoms. The number of carbonyl (C=O) groups excluding carboxylic acids is 1. The fraction of sp³-hybridized carbons (Fsp3) is 0.333. The van der Waals surface area contributed by atoms with Gasteiger partial charge in [-0.3, -0.25) is 4.79 Å². The van der Waals surface area contributed by atoms with Gasteiger partial charge in [0.25, 0.3) is 0 Å². The number of nitrogens with zero attached hydrogens (tertiary/aromatic N) is 1. The third-order valence-corrected chi connectivity index (χ3v) is 3.46.